The van der Waals surface area contributed by atoms with Gasteiger partial charge in [-0.05, 0) is 25.1 Å². The Morgan fingerprint density at radius 2 is 2.04 bits per heavy atom. The summed E-state index contributed by atoms with van der Waals surface area (Å²) in [4.78, 5) is 28.5. The number of pyridine rings is 2. The van der Waals surface area contributed by atoms with Crippen LogP contribution in [0.15, 0.2) is 36.7 Å². The Morgan fingerprint density at radius 1 is 1.26 bits per heavy atom. The van der Waals surface area contributed by atoms with Crippen molar-refractivity contribution in [1.29, 1.82) is 0 Å². The molecular weight excluding hydrogens is 344 g/mol. The van der Waals surface area contributed by atoms with Gasteiger partial charge in [0.15, 0.2) is 5.82 Å². The number of H-pyrrole nitrogens is 1. The van der Waals surface area contributed by atoms with Crippen LogP contribution in [0.1, 0.15) is 16.1 Å². The first-order valence-corrected chi connectivity index (χ1v) is 8.31. The van der Waals surface area contributed by atoms with Crippen LogP contribution in [0.5, 0.6) is 0 Å². The highest BCUT2D eigenvalue weighted by atomic mass is 16.5. The predicted molar refractivity (Wildman–Crippen MR) is 102 cm³/mol. The molecular formula is C19H18N6O2. The van der Waals surface area contributed by atoms with E-state index in [2.05, 4.69) is 15.0 Å². The minimum atomic E-state index is -0.469. The van der Waals surface area contributed by atoms with Crippen LogP contribution in [0.3, 0.4) is 0 Å². The van der Waals surface area contributed by atoms with E-state index in [-0.39, 0.29) is 0 Å². The molecule has 4 aromatic rings. The molecule has 4 rings (SSSR count). The van der Waals surface area contributed by atoms with E-state index in [0.717, 1.165) is 22.9 Å². The van der Waals surface area contributed by atoms with Crippen LogP contribution in [-0.4, -0.2) is 37.6 Å². The lowest BCUT2D eigenvalue weighted by Crippen LogP contribution is -2.03. The van der Waals surface area contributed by atoms with E-state index in [1.54, 1.807) is 0 Å². The zero-order valence-corrected chi connectivity index (χ0v) is 15.1. The zero-order chi connectivity index (χ0) is 19.1. The SMILES string of the molecule is COC(=O)c1cnc(N)c2[nH]c(-c3cccc(-c4nc(C)cn4C)n3)cc12. The lowest BCUT2D eigenvalue weighted by Gasteiger charge is -2.03. The number of nitrogens with two attached hydrogens (primary N) is 1. The lowest BCUT2D eigenvalue weighted by molar-refractivity contribution is 0.0602. The Bertz CT molecular complexity index is 1170. The van der Waals surface area contributed by atoms with Gasteiger partial charge in [0.1, 0.15) is 11.5 Å². The second kappa shape index (κ2) is 6.24. The molecule has 136 valence electrons. The predicted octanol–water partition coefficient (Wildman–Crippen LogP) is 2.70. The number of fused-ring (bicyclic) bond motifs is 1. The molecule has 4 aromatic heterocycles. The summed E-state index contributed by atoms with van der Waals surface area (Å²) in [5.74, 6) is 0.616. The van der Waals surface area contributed by atoms with Crippen molar-refractivity contribution in [3.63, 3.8) is 0 Å². The molecule has 0 saturated carbocycles. The first-order valence-electron chi connectivity index (χ1n) is 8.31. The summed E-state index contributed by atoms with van der Waals surface area (Å²) in [5, 5.41) is 0.643. The summed E-state index contributed by atoms with van der Waals surface area (Å²) in [6.07, 6.45) is 3.36. The van der Waals surface area contributed by atoms with Crippen LogP contribution in [0.2, 0.25) is 0 Å². The molecule has 0 fully saturated rings. The first kappa shape index (κ1) is 16.8. The quantitative estimate of drug-likeness (QED) is 0.542. The smallest absolute Gasteiger partial charge is 0.340 e. The number of methoxy groups -OCH3 is 1. The maximum atomic E-state index is 12.0. The number of nitrogen functional groups attached to an aromatic ring is 1. The molecule has 0 bridgehead atoms. The minimum absolute atomic E-state index is 0.305. The number of aromatic amines is 1. The number of rotatable bonds is 3. The van der Waals surface area contributed by atoms with Crippen molar-refractivity contribution < 1.29 is 9.53 Å². The van der Waals surface area contributed by atoms with Gasteiger partial charge in [-0.25, -0.2) is 19.7 Å². The maximum Gasteiger partial charge on any atom is 0.340 e. The first-order chi connectivity index (χ1) is 13.0. The van der Waals surface area contributed by atoms with E-state index in [1.165, 1.54) is 13.3 Å². The Balaban J connectivity index is 1.86. The van der Waals surface area contributed by atoms with Crippen LogP contribution >= 0.6 is 0 Å². The third-order valence-electron chi connectivity index (χ3n) is 4.35. The highest BCUT2D eigenvalue weighted by Gasteiger charge is 2.17. The van der Waals surface area contributed by atoms with E-state index in [0.29, 0.717) is 28.0 Å². The van der Waals surface area contributed by atoms with Gasteiger partial charge in [-0.2, -0.15) is 0 Å². The number of nitrogens with one attached hydrogen (secondary N) is 1. The van der Waals surface area contributed by atoms with E-state index < -0.39 is 5.97 Å². The number of hydrogen-bond donors (Lipinski definition) is 2. The van der Waals surface area contributed by atoms with E-state index in [4.69, 9.17) is 15.5 Å². The van der Waals surface area contributed by atoms with Crippen molar-refractivity contribution >= 4 is 22.7 Å². The fourth-order valence-electron chi connectivity index (χ4n) is 3.11. The molecule has 0 radical (unpaired) electrons. The highest BCUT2D eigenvalue weighted by molar-refractivity contribution is 6.07. The number of ether oxygens (including phenoxy) is 1. The fraction of sp³-hybridized carbons (Fsp3) is 0.158. The van der Waals surface area contributed by atoms with Crippen LogP contribution in [0.25, 0.3) is 33.8 Å². The van der Waals surface area contributed by atoms with Gasteiger partial charge in [0.25, 0.3) is 0 Å². The zero-order valence-electron chi connectivity index (χ0n) is 15.1. The summed E-state index contributed by atoms with van der Waals surface area (Å²) in [6, 6.07) is 7.53. The Kier molecular flexibility index (Phi) is 3.88. The number of esters is 1. The Morgan fingerprint density at radius 3 is 2.74 bits per heavy atom. The van der Waals surface area contributed by atoms with E-state index in [9.17, 15) is 4.79 Å². The molecule has 8 nitrogen and oxygen atoms in total. The fourth-order valence-corrected chi connectivity index (χ4v) is 3.11. The number of carbonyl (C=O) groups is 1. The van der Waals surface area contributed by atoms with Gasteiger partial charge in [0, 0.05) is 24.8 Å². The summed E-state index contributed by atoms with van der Waals surface area (Å²) in [5.41, 5.74) is 10.0. The molecule has 0 aliphatic heterocycles. The van der Waals surface area contributed by atoms with Crippen molar-refractivity contribution in [2.24, 2.45) is 7.05 Å². The molecule has 0 unspecified atom stereocenters. The number of aromatic nitrogens is 5. The van der Waals surface area contributed by atoms with Crippen molar-refractivity contribution in [2.75, 3.05) is 12.8 Å². The van der Waals surface area contributed by atoms with Crippen LogP contribution in [-0.2, 0) is 11.8 Å². The molecule has 3 N–H and O–H groups in total. The molecule has 0 aliphatic rings. The van der Waals surface area contributed by atoms with Gasteiger partial charge in [-0.1, -0.05) is 6.07 Å². The molecule has 0 saturated heterocycles. The van der Waals surface area contributed by atoms with E-state index in [1.807, 2.05) is 49.0 Å². The number of aryl methyl sites for hydroxylation is 2. The second-order valence-electron chi connectivity index (χ2n) is 6.25. The van der Waals surface area contributed by atoms with Gasteiger partial charge in [0.05, 0.1) is 35.3 Å². The van der Waals surface area contributed by atoms with Gasteiger partial charge in [-0.3, -0.25) is 0 Å². The molecule has 8 heteroatoms. The number of imidazole rings is 1. The maximum absolute atomic E-state index is 12.0. The molecule has 0 atom stereocenters. The van der Waals surface area contributed by atoms with Gasteiger partial charge < -0.3 is 20.0 Å². The minimum Gasteiger partial charge on any atom is -0.465 e. The van der Waals surface area contributed by atoms with Crippen molar-refractivity contribution in [3.8, 4) is 22.9 Å². The summed E-state index contributed by atoms with van der Waals surface area (Å²) in [6.45, 7) is 1.94. The van der Waals surface area contributed by atoms with Gasteiger partial charge in [0.2, 0.25) is 0 Å². The third-order valence-corrected chi connectivity index (χ3v) is 4.35. The second-order valence-corrected chi connectivity index (χ2v) is 6.25. The average molecular weight is 362 g/mol. The Labute approximate surface area is 155 Å². The molecule has 0 aromatic carbocycles. The highest BCUT2D eigenvalue weighted by Crippen LogP contribution is 2.29. The van der Waals surface area contributed by atoms with Crippen molar-refractivity contribution in [2.45, 2.75) is 6.92 Å². The van der Waals surface area contributed by atoms with Crippen LogP contribution < -0.4 is 5.73 Å². The van der Waals surface area contributed by atoms with Gasteiger partial charge >= 0.3 is 5.97 Å². The topological polar surface area (TPSA) is 112 Å². The largest absolute Gasteiger partial charge is 0.465 e. The average Bonchev–Trinajstić information content (AvgIpc) is 3.25. The summed E-state index contributed by atoms with van der Waals surface area (Å²) in [7, 11) is 3.26. The third kappa shape index (κ3) is 2.80. The molecule has 4 heterocycles. The molecule has 0 aliphatic carbocycles. The summed E-state index contributed by atoms with van der Waals surface area (Å²) >= 11 is 0. The Hall–Kier alpha value is -3.68. The number of nitrogens with zero attached hydrogens (tertiary/aromatic N) is 4. The van der Waals surface area contributed by atoms with Crippen LogP contribution in [0.4, 0.5) is 5.82 Å². The van der Waals surface area contributed by atoms with Crippen molar-refractivity contribution in [1.82, 2.24) is 24.5 Å². The van der Waals surface area contributed by atoms with Crippen LogP contribution in [0, 0.1) is 6.92 Å². The summed E-state index contributed by atoms with van der Waals surface area (Å²) < 4.78 is 6.77. The number of carbonyl (C=O) groups excluding carboxylic acids is 1. The molecule has 27 heavy (non-hydrogen) atoms. The van der Waals surface area contributed by atoms with Gasteiger partial charge in [-0.15, -0.1) is 0 Å². The standard InChI is InChI=1S/C19H18N6O2/c1-10-9-25(2)18(22-10)14-6-4-5-13(23-14)15-7-11-12(19(26)27-3)8-21-17(20)16(11)24-15/h4-9,24H,1-3H3,(H2,20,21). The number of hydrogen-bond acceptors (Lipinski definition) is 6. The monoisotopic (exact) mass is 362 g/mol. The lowest BCUT2D eigenvalue weighted by atomic mass is 10.1. The molecule has 0 amide bonds. The normalized spacial score (nSPS) is 11.1. The van der Waals surface area contributed by atoms with Crippen molar-refractivity contribution in [3.05, 3.63) is 47.9 Å². The molecule has 0 spiro atoms. The number of anilines is 1. The van der Waals surface area contributed by atoms with E-state index >= 15 is 0 Å².